The lowest BCUT2D eigenvalue weighted by Crippen LogP contribution is -2.43. The van der Waals surface area contributed by atoms with Crippen molar-refractivity contribution in [1.82, 2.24) is 10.2 Å². The molecule has 2 aromatic rings. The number of benzene rings is 2. The lowest BCUT2D eigenvalue weighted by molar-refractivity contribution is -0.120. The molecule has 1 fully saturated rings. The fraction of sp³-hybridized carbons (Fsp3) is 0.391. The summed E-state index contributed by atoms with van der Waals surface area (Å²) in [5.74, 6) is 1.76. The number of carbonyl (C=O) groups is 2. The summed E-state index contributed by atoms with van der Waals surface area (Å²) in [5.41, 5.74) is 1.59. The molecule has 2 aromatic carbocycles. The topological polar surface area (TPSA) is 79.9 Å². The number of anilines is 1. The number of hydrogen-bond donors (Lipinski definition) is 2. The van der Waals surface area contributed by atoms with Crippen molar-refractivity contribution >= 4 is 17.6 Å². The third-order valence-corrected chi connectivity index (χ3v) is 5.34. The van der Waals surface area contributed by atoms with Gasteiger partial charge in [0, 0.05) is 19.6 Å². The zero-order chi connectivity index (χ0) is 21.3. The van der Waals surface area contributed by atoms with Gasteiger partial charge in [0.1, 0.15) is 11.5 Å². The molecule has 0 aromatic heterocycles. The van der Waals surface area contributed by atoms with E-state index in [-0.39, 0.29) is 11.9 Å². The van der Waals surface area contributed by atoms with Crippen LogP contribution in [0.3, 0.4) is 0 Å². The van der Waals surface area contributed by atoms with E-state index in [1.165, 1.54) is 0 Å². The summed E-state index contributed by atoms with van der Waals surface area (Å²) < 4.78 is 10.5. The van der Waals surface area contributed by atoms with Crippen LogP contribution in [-0.2, 0) is 11.2 Å². The number of ether oxygens (including phenoxy) is 2. The molecular weight excluding hydrogens is 382 g/mol. The summed E-state index contributed by atoms with van der Waals surface area (Å²) in [6, 6.07) is 14.8. The van der Waals surface area contributed by atoms with Crippen LogP contribution in [0.5, 0.6) is 11.5 Å². The number of carbonyl (C=O) groups excluding carboxylic acids is 2. The number of nitrogens with one attached hydrogen (secondary N) is 2. The summed E-state index contributed by atoms with van der Waals surface area (Å²) in [7, 11) is 3.20. The lowest BCUT2D eigenvalue weighted by Gasteiger charge is -2.32. The average Bonchev–Trinajstić information content (AvgIpc) is 2.78. The van der Waals surface area contributed by atoms with Crippen LogP contribution in [0.4, 0.5) is 10.5 Å². The Morgan fingerprint density at radius 2 is 1.80 bits per heavy atom. The van der Waals surface area contributed by atoms with Crippen LogP contribution < -0.4 is 20.1 Å². The quantitative estimate of drug-likeness (QED) is 0.733. The Bertz CT molecular complexity index is 863. The molecule has 7 nitrogen and oxygen atoms in total. The van der Waals surface area contributed by atoms with E-state index < -0.39 is 0 Å². The van der Waals surface area contributed by atoms with Crippen LogP contribution in [0.2, 0.25) is 0 Å². The van der Waals surface area contributed by atoms with E-state index in [1.54, 1.807) is 19.1 Å². The summed E-state index contributed by atoms with van der Waals surface area (Å²) in [6.07, 6.45) is 2.05. The Balaban J connectivity index is 1.40. The van der Waals surface area contributed by atoms with Gasteiger partial charge in [0.15, 0.2) is 0 Å². The van der Waals surface area contributed by atoms with Gasteiger partial charge in [0.2, 0.25) is 5.91 Å². The van der Waals surface area contributed by atoms with Gasteiger partial charge in [-0.15, -0.1) is 0 Å². The number of urea groups is 1. The zero-order valence-corrected chi connectivity index (χ0v) is 17.5. The molecule has 1 aliphatic rings. The summed E-state index contributed by atoms with van der Waals surface area (Å²) in [4.78, 5) is 26.6. The first-order valence-electron chi connectivity index (χ1n) is 10.2. The number of amides is 3. The van der Waals surface area contributed by atoms with Crippen molar-refractivity contribution in [3.05, 3.63) is 54.1 Å². The van der Waals surface area contributed by atoms with Crippen molar-refractivity contribution in [3.63, 3.8) is 0 Å². The molecule has 1 heterocycles. The van der Waals surface area contributed by atoms with Crippen molar-refractivity contribution in [2.45, 2.75) is 19.3 Å². The van der Waals surface area contributed by atoms with E-state index in [2.05, 4.69) is 10.6 Å². The maximum absolute atomic E-state index is 12.5. The first-order valence-corrected chi connectivity index (χ1v) is 10.2. The third kappa shape index (κ3) is 5.89. The fourth-order valence-corrected chi connectivity index (χ4v) is 3.57. The highest BCUT2D eigenvalue weighted by molar-refractivity contribution is 5.91. The average molecular weight is 412 g/mol. The summed E-state index contributed by atoms with van der Waals surface area (Å²) >= 11 is 0. The highest BCUT2D eigenvalue weighted by Gasteiger charge is 2.23. The predicted octanol–water partition coefficient (Wildman–Crippen LogP) is 3.31. The van der Waals surface area contributed by atoms with E-state index in [0.717, 1.165) is 24.2 Å². The first-order chi connectivity index (χ1) is 14.6. The molecule has 1 aliphatic heterocycles. The molecule has 1 saturated heterocycles. The van der Waals surface area contributed by atoms with Gasteiger partial charge >= 0.3 is 6.03 Å². The number of likely N-dealkylation sites (tertiary alicyclic amines) is 1. The molecule has 0 saturated carbocycles. The number of rotatable bonds is 7. The van der Waals surface area contributed by atoms with Gasteiger partial charge in [0.25, 0.3) is 0 Å². The number of para-hydroxylation sites is 2. The van der Waals surface area contributed by atoms with E-state index >= 15 is 0 Å². The van der Waals surface area contributed by atoms with Gasteiger partial charge in [-0.25, -0.2) is 4.79 Å². The van der Waals surface area contributed by atoms with Crippen molar-refractivity contribution in [3.8, 4) is 11.5 Å². The van der Waals surface area contributed by atoms with Crippen LogP contribution >= 0.6 is 0 Å². The molecule has 0 unspecified atom stereocenters. The maximum atomic E-state index is 12.5. The minimum atomic E-state index is -0.125. The molecule has 0 radical (unpaired) electrons. The highest BCUT2D eigenvalue weighted by atomic mass is 16.5. The van der Waals surface area contributed by atoms with Crippen LogP contribution in [0.15, 0.2) is 48.5 Å². The normalized spacial score (nSPS) is 14.1. The fourth-order valence-electron chi connectivity index (χ4n) is 3.57. The summed E-state index contributed by atoms with van der Waals surface area (Å²) in [5, 5.41) is 5.94. The molecule has 2 N–H and O–H groups in total. The van der Waals surface area contributed by atoms with Crippen molar-refractivity contribution in [2.24, 2.45) is 5.92 Å². The van der Waals surface area contributed by atoms with E-state index in [1.807, 2.05) is 48.5 Å². The van der Waals surface area contributed by atoms with Gasteiger partial charge in [-0.3, -0.25) is 4.79 Å². The van der Waals surface area contributed by atoms with Crippen LogP contribution in [-0.4, -0.2) is 50.7 Å². The first kappa shape index (κ1) is 21.5. The van der Waals surface area contributed by atoms with Crippen molar-refractivity contribution in [2.75, 3.05) is 39.2 Å². The minimum Gasteiger partial charge on any atom is -0.497 e. The summed E-state index contributed by atoms with van der Waals surface area (Å²) in [6.45, 7) is 1.96. The van der Waals surface area contributed by atoms with Gasteiger partial charge in [-0.2, -0.15) is 0 Å². The standard InChI is InChI=1S/C23H29N3O4/c1-29-19-7-5-6-18(14-19)15-22(27)24-16-17-10-12-26(13-11-17)23(28)25-20-8-3-4-9-21(20)30-2/h3-9,14,17H,10-13,15-16H2,1-2H3,(H,24,27)(H,25,28). The second-order valence-corrected chi connectivity index (χ2v) is 7.39. The molecule has 160 valence electrons. The van der Waals surface area contributed by atoms with Crippen molar-refractivity contribution in [1.29, 1.82) is 0 Å². The third-order valence-electron chi connectivity index (χ3n) is 5.34. The number of hydrogen-bond acceptors (Lipinski definition) is 4. The highest BCUT2D eigenvalue weighted by Crippen LogP contribution is 2.24. The molecular formula is C23H29N3O4. The predicted molar refractivity (Wildman–Crippen MR) is 116 cm³/mol. The molecule has 3 amide bonds. The van der Waals surface area contributed by atoms with Gasteiger partial charge < -0.3 is 25.0 Å². The Hall–Kier alpha value is -3.22. The lowest BCUT2D eigenvalue weighted by atomic mass is 9.97. The van der Waals surface area contributed by atoms with Crippen LogP contribution in [0.1, 0.15) is 18.4 Å². The Labute approximate surface area is 177 Å². The minimum absolute atomic E-state index is 0.000372. The molecule has 0 bridgehead atoms. The molecule has 0 aliphatic carbocycles. The van der Waals surface area contributed by atoms with E-state index in [4.69, 9.17) is 9.47 Å². The largest absolute Gasteiger partial charge is 0.497 e. The van der Waals surface area contributed by atoms with Gasteiger partial charge in [-0.05, 0) is 48.6 Å². The van der Waals surface area contributed by atoms with Crippen LogP contribution in [0.25, 0.3) is 0 Å². The number of piperidine rings is 1. The monoisotopic (exact) mass is 411 g/mol. The molecule has 3 rings (SSSR count). The Morgan fingerprint density at radius 1 is 1.03 bits per heavy atom. The Morgan fingerprint density at radius 3 is 2.53 bits per heavy atom. The second kappa shape index (κ2) is 10.5. The molecule has 0 spiro atoms. The molecule has 30 heavy (non-hydrogen) atoms. The van der Waals surface area contributed by atoms with Gasteiger partial charge in [0.05, 0.1) is 26.3 Å². The zero-order valence-electron chi connectivity index (χ0n) is 17.5. The smallest absolute Gasteiger partial charge is 0.321 e. The van der Waals surface area contributed by atoms with E-state index in [9.17, 15) is 9.59 Å². The Kier molecular flexibility index (Phi) is 7.54. The van der Waals surface area contributed by atoms with E-state index in [0.29, 0.717) is 43.4 Å². The second-order valence-electron chi connectivity index (χ2n) is 7.39. The van der Waals surface area contributed by atoms with Crippen molar-refractivity contribution < 1.29 is 19.1 Å². The number of methoxy groups -OCH3 is 2. The maximum Gasteiger partial charge on any atom is 0.321 e. The molecule has 7 heteroatoms. The van der Waals surface area contributed by atoms with Crippen LogP contribution in [0, 0.1) is 5.92 Å². The molecule has 0 atom stereocenters. The van der Waals surface area contributed by atoms with Gasteiger partial charge in [-0.1, -0.05) is 24.3 Å². The SMILES string of the molecule is COc1cccc(CC(=O)NCC2CCN(C(=O)Nc3ccccc3OC)CC2)c1. The number of nitrogens with zero attached hydrogens (tertiary/aromatic N) is 1.